The summed E-state index contributed by atoms with van der Waals surface area (Å²) in [6.45, 7) is 1.58. The van der Waals surface area contributed by atoms with Gasteiger partial charge in [0.15, 0.2) is 0 Å². The van der Waals surface area contributed by atoms with Gasteiger partial charge >= 0.3 is 0 Å². The van der Waals surface area contributed by atoms with Crippen molar-refractivity contribution < 1.29 is 10.2 Å². The summed E-state index contributed by atoms with van der Waals surface area (Å²) < 4.78 is 0. The van der Waals surface area contributed by atoms with Crippen LogP contribution in [-0.2, 0) is 0 Å². The average molecular weight is 264 g/mol. The monoisotopic (exact) mass is 264 g/mol. The fourth-order valence-electron chi connectivity index (χ4n) is 1.42. The van der Waals surface area contributed by atoms with Crippen molar-refractivity contribution in [1.29, 1.82) is 0 Å². The Kier molecular flexibility index (Phi) is 3.97. The van der Waals surface area contributed by atoms with Gasteiger partial charge in [-0.25, -0.2) is 0 Å². The standard InChI is InChI=1S/C13H12O2S2/c1-2-3-9-4-5-12(16-9)13-7-6-11(17-13)10(15)8-14/h4-7,10,14-15H,8H2,1H3/t10-/m0/s1. The van der Waals surface area contributed by atoms with Crippen LogP contribution in [0.2, 0.25) is 0 Å². The van der Waals surface area contributed by atoms with Gasteiger partial charge in [-0.3, -0.25) is 0 Å². The Morgan fingerprint density at radius 1 is 1.18 bits per heavy atom. The van der Waals surface area contributed by atoms with Gasteiger partial charge < -0.3 is 10.2 Å². The lowest BCUT2D eigenvalue weighted by molar-refractivity contribution is 0.0984. The lowest BCUT2D eigenvalue weighted by Crippen LogP contribution is -1.98. The van der Waals surface area contributed by atoms with E-state index in [1.807, 2.05) is 31.2 Å². The van der Waals surface area contributed by atoms with Crippen LogP contribution in [0.4, 0.5) is 0 Å². The molecule has 0 aliphatic heterocycles. The molecular weight excluding hydrogens is 252 g/mol. The van der Waals surface area contributed by atoms with Crippen molar-refractivity contribution in [3.63, 3.8) is 0 Å². The molecule has 2 N–H and O–H groups in total. The molecule has 0 unspecified atom stereocenters. The van der Waals surface area contributed by atoms with E-state index in [1.165, 1.54) is 11.3 Å². The quantitative estimate of drug-likeness (QED) is 0.837. The van der Waals surface area contributed by atoms with Crippen LogP contribution < -0.4 is 0 Å². The molecule has 2 aromatic heterocycles. The first-order valence-corrected chi connectivity index (χ1v) is 6.79. The van der Waals surface area contributed by atoms with Crippen molar-refractivity contribution in [1.82, 2.24) is 0 Å². The highest BCUT2D eigenvalue weighted by Crippen LogP contribution is 2.35. The molecule has 0 aliphatic rings. The molecule has 0 spiro atoms. The zero-order valence-electron chi connectivity index (χ0n) is 9.30. The summed E-state index contributed by atoms with van der Waals surface area (Å²) in [7, 11) is 0. The van der Waals surface area contributed by atoms with Crippen LogP contribution in [0.15, 0.2) is 24.3 Å². The first kappa shape index (κ1) is 12.3. The number of thiophene rings is 2. The maximum Gasteiger partial charge on any atom is 0.111 e. The number of aliphatic hydroxyl groups is 2. The van der Waals surface area contributed by atoms with Gasteiger partial charge in [0.05, 0.1) is 11.5 Å². The molecule has 0 aliphatic carbocycles. The number of aliphatic hydroxyl groups excluding tert-OH is 2. The molecule has 4 heteroatoms. The molecule has 0 bridgehead atoms. The molecule has 2 aromatic rings. The SMILES string of the molecule is CC#Cc1ccc(-c2ccc([C@@H](O)CO)s2)s1. The summed E-state index contributed by atoms with van der Waals surface area (Å²) in [6, 6.07) is 7.85. The molecule has 0 fully saturated rings. The third kappa shape index (κ3) is 2.76. The van der Waals surface area contributed by atoms with Crippen LogP contribution in [0.5, 0.6) is 0 Å². The highest BCUT2D eigenvalue weighted by Gasteiger charge is 2.11. The zero-order chi connectivity index (χ0) is 12.3. The van der Waals surface area contributed by atoms with Crippen LogP contribution in [-0.4, -0.2) is 16.8 Å². The van der Waals surface area contributed by atoms with E-state index < -0.39 is 6.10 Å². The summed E-state index contributed by atoms with van der Waals surface area (Å²) in [5.41, 5.74) is 0. The average Bonchev–Trinajstić information content (AvgIpc) is 2.96. The molecule has 88 valence electrons. The topological polar surface area (TPSA) is 40.5 Å². The van der Waals surface area contributed by atoms with Crippen LogP contribution in [0.25, 0.3) is 9.75 Å². The van der Waals surface area contributed by atoms with E-state index in [2.05, 4.69) is 11.8 Å². The highest BCUT2D eigenvalue weighted by atomic mass is 32.1. The normalized spacial score (nSPS) is 11.9. The summed E-state index contributed by atoms with van der Waals surface area (Å²) in [4.78, 5) is 4.07. The third-order valence-corrected chi connectivity index (χ3v) is 4.61. The molecule has 17 heavy (non-hydrogen) atoms. The van der Waals surface area contributed by atoms with E-state index >= 15 is 0 Å². The first-order valence-electron chi connectivity index (χ1n) is 5.16. The van der Waals surface area contributed by atoms with Crippen molar-refractivity contribution in [3.05, 3.63) is 34.0 Å². The Labute approximate surface area is 108 Å². The Balaban J connectivity index is 2.26. The van der Waals surface area contributed by atoms with Gasteiger partial charge in [0.1, 0.15) is 6.10 Å². The summed E-state index contributed by atoms with van der Waals surface area (Å²) >= 11 is 3.14. The molecule has 2 heterocycles. The van der Waals surface area contributed by atoms with E-state index in [1.54, 1.807) is 11.3 Å². The van der Waals surface area contributed by atoms with Crippen LogP contribution in [0, 0.1) is 11.8 Å². The Morgan fingerprint density at radius 2 is 1.88 bits per heavy atom. The zero-order valence-corrected chi connectivity index (χ0v) is 10.9. The fourth-order valence-corrected chi connectivity index (χ4v) is 3.40. The Hall–Kier alpha value is -1.12. The van der Waals surface area contributed by atoms with E-state index in [4.69, 9.17) is 5.11 Å². The second-order valence-corrected chi connectivity index (χ2v) is 5.64. The molecule has 1 atom stereocenters. The van der Waals surface area contributed by atoms with Crippen LogP contribution >= 0.6 is 22.7 Å². The third-order valence-electron chi connectivity index (χ3n) is 2.23. The molecule has 2 rings (SSSR count). The van der Waals surface area contributed by atoms with Crippen molar-refractivity contribution in [2.45, 2.75) is 13.0 Å². The molecule has 0 saturated carbocycles. The van der Waals surface area contributed by atoms with Crippen LogP contribution in [0.1, 0.15) is 22.8 Å². The van der Waals surface area contributed by atoms with Crippen molar-refractivity contribution >= 4 is 22.7 Å². The molecule has 0 saturated heterocycles. The van der Waals surface area contributed by atoms with Gasteiger partial charge in [-0.05, 0) is 31.2 Å². The molecule has 0 radical (unpaired) electrons. The van der Waals surface area contributed by atoms with E-state index in [-0.39, 0.29) is 6.61 Å². The smallest absolute Gasteiger partial charge is 0.111 e. The van der Waals surface area contributed by atoms with Crippen molar-refractivity contribution in [3.8, 4) is 21.6 Å². The Bertz CT molecular complexity index is 557. The predicted octanol–water partition coefficient (Wildman–Crippen LogP) is 2.87. The number of hydrogen-bond acceptors (Lipinski definition) is 4. The van der Waals surface area contributed by atoms with E-state index in [0.717, 1.165) is 19.5 Å². The second kappa shape index (κ2) is 5.48. The minimum absolute atomic E-state index is 0.239. The van der Waals surface area contributed by atoms with Gasteiger partial charge in [0.2, 0.25) is 0 Å². The maximum absolute atomic E-state index is 9.52. The largest absolute Gasteiger partial charge is 0.393 e. The van der Waals surface area contributed by atoms with E-state index in [0.29, 0.717) is 0 Å². The lowest BCUT2D eigenvalue weighted by Gasteiger charge is -2.01. The first-order chi connectivity index (χ1) is 8.24. The predicted molar refractivity (Wildman–Crippen MR) is 72.2 cm³/mol. The second-order valence-electron chi connectivity index (χ2n) is 3.44. The minimum atomic E-state index is -0.774. The summed E-state index contributed by atoms with van der Waals surface area (Å²) in [6.07, 6.45) is -0.774. The van der Waals surface area contributed by atoms with E-state index in [9.17, 15) is 5.11 Å². The minimum Gasteiger partial charge on any atom is -0.393 e. The van der Waals surface area contributed by atoms with Gasteiger partial charge in [-0.1, -0.05) is 5.92 Å². The molecule has 2 nitrogen and oxygen atoms in total. The molecule has 0 amide bonds. The maximum atomic E-state index is 9.52. The molecular formula is C13H12O2S2. The summed E-state index contributed by atoms with van der Waals surface area (Å²) in [5.74, 6) is 5.89. The number of rotatable bonds is 3. The Morgan fingerprint density at radius 3 is 2.59 bits per heavy atom. The van der Waals surface area contributed by atoms with Gasteiger partial charge in [0.25, 0.3) is 0 Å². The van der Waals surface area contributed by atoms with Gasteiger partial charge in [-0.15, -0.1) is 28.6 Å². The van der Waals surface area contributed by atoms with Crippen LogP contribution in [0.3, 0.4) is 0 Å². The fraction of sp³-hybridized carbons (Fsp3) is 0.231. The molecule has 0 aromatic carbocycles. The van der Waals surface area contributed by atoms with Crippen molar-refractivity contribution in [2.75, 3.05) is 6.61 Å². The number of hydrogen-bond donors (Lipinski definition) is 2. The lowest BCUT2D eigenvalue weighted by atomic mass is 10.3. The highest BCUT2D eigenvalue weighted by molar-refractivity contribution is 7.22. The van der Waals surface area contributed by atoms with Crippen molar-refractivity contribution in [2.24, 2.45) is 0 Å². The van der Waals surface area contributed by atoms with Gasteiger partial charge in [0, 0.05) is 14.6 Å². The summed E-state index contributed by atoms with van der Waals surface area (Å²) in [5, 5.41) is 18.4. The van der Waals surface area contributed by atoms with Gasteiger partial charge in [-0.2, -0.15) is 0 Å².